The molecule has 0 fully saturated rings. The second-order valence-electron chi connectivity index (χ2n) is 7.64. The fraction of sp³-hybridized carbons (Fsp3) is 0.296. The topological polar surface area (TPSA) is 38.8 Å². The van der Waals surface area contributed by atoms with Gasteiger partial charge in [-0.15, -0.1) is 0 Å². The minimum absolute atomic E-state index is 0.0807. The molecular weight excluding hydrogens is 386 g/mol. The first-order valence-corrected chi connectivity index (χ1v) is 11.0. The van der Waals surface area contributed by atoms with E-state index in [1.54, 1.807) is 0 Å². The van der Waals surface area contributed by atoms with E-state index in [0.717, 1.165) is 34.5 Å². The quantitative estimate of drug-likeness (QED) is 0.495. The number of ether oxygens (including phenoxy) is 2. The van der Waals surface area contributed by atoms with Gasteiger partial charge in [0.25, 0.3) is 0 Å². The predicted octanol–water partition coefficient (Wildman–Crippen LogP) is 5.73. The number of rotatable bonds is 7. The number of aryl methyl sites for hydroxylation is 1. The van der Waals surface area contributed by atoms with Crippen molar-refractivity contribution in [2.45, 2.75) is 39.7 Å². The normalized spacial score (nSPS) is 15.5. The molecule has 4 rings (SSSR count). The van der Waals surface area contributed by atoms with Crippen molar-refractivity contribution in [3.8, 4) is 11.5 Å². The van der Waals surface area contributed by atoms with Gasteiger partial charge in [-0.3, -0.25) is 4.79 Å². The van der Waals surface area contributed by atoms with Crippen LogP contribution in [0.5, 0.6) is 11.5 Å². The van der Waals surface area contributed by atoms with Crippen molar-refractivity contribution in [1.82, 2.24) is 0 Å². The third-order valence-electron chi connectivity index (χ3n) is 5.71. The highest BCUT2D eigenvalue weighted by Gasteiger charge is 2.35. The van der Waals surface area contributed by atoms with Crippen LogP contribution < -0.4 is 14.4 Å². The highest BCUT2D eigenvalue weighted by Crippen LogP contribution is 2.43. The Morgan fingerprint density at radius 2 is 1.52 bits per heavy atom. The second-order valence-corrected chi connectivity index (χ2v) is 7.64. The second kappa shape index (κ2) is 9.25. The van der Waals surface area contributed by atoms with E-state index >= 15 is 0 Å². The van der Waals surface area contributed by atoms with Crippen molar-refractivity contribution < 1.29 is 14.3 Å². The molecule has 3 aromatic carbocycles. The highest BCUT2D eigenvalue weighted by molar-refractivity contribution is 5.98. The monoisotopic (exact) mass is 415 g/mol. The van der Waals surface area contributed by atoms with Gasteiger partial charge in [0.1, 0.15) is 0 Å². The Kier molecular flexibility index (Phi) is 6.26. The van der Waals surface area contributed by atoms with Crippen LogP contribution in [-0.4, -0.2) is 19.1 Å². The van der Waals surface area contributed by atoms with Crippen LogP contribution in [0, 0.1) is 0 Å². The van der Waals surface area contributed by atoms with Crippen LogP contribution in [0.15, 0.2) is 66.7 Å². The van der Waals surface area contributed by atoms with Crippen molar-refractivity contribution in [2.24, 2.45) is 0 Å². The van der Waals surface area contributed by atoms with Gasteiger partial charge >= 0.3 is 0 Å². The average Bonchev–Trinajstić information content (AvgIpc) is 2.80. The summed E-state index contributed by atoms with van der Waals surface area (Å²) in [4.78, 5) is 15.4. The molecule has 0 bridgehead atoms. The number of fused-ring (bicyclic) bond motifs is 1. The Labute approximate surface area is 184 Å². The molecule has 0 saturated carbocycles. The number of carbonyl (C=O) groups is 1. The summed E-state index contributed by atoms with van der Waals surface area (Å²) in [5.74, 6) is 1.50. The molecule has 1 aliphatic rings. The summed E-state index contributed by atoms with van der Waals surface area (Å²) >= 11 is 0. The van der Waals surface area contributed by atoms with Crippen LogP contribution in [0.25, 0.3) is 0 Å². The number of benzene rings is 3. The zero-order valence-electron chi connectivity index (χ0n) is 18.4. The molecule has 3 aromatic rings. The van der Waals surface area contributed by atoms with E-state index in [4.69, 9.17) is 9.47 Å². The van der Waals surface area contributed by atoms with E-state index in [0.29, 0.717) is 25.4 Å². The summed E-state index contributed by atoms with van der Waals surface area (Å²) in [6.07, 6.45) is 1.30. The van der Waals surface area contributed by atoms with Gasteiger partial charge in [-0.05, 0) is 66.8 Å². The third kappa shape index (κ3) is 4.15. The number of hydrogen-bond donors (Lipinski definition) is 0. The lowest BCUT2D eigenvalue weighted by atomic mass is 9.86. The SMILES string of the molecule is CCOc1cc2c(cc1OCC)[C@@H](c1ccccc1)N(c1ccc(CC)cc1)C(=O)C2. The largest absolute Gasteiger partial charge is 0.490 e. The molecule has 0 spiro atoms. The van der Waals surface area contributed by atoms with Crippen LogP contribution in [0.2, 0.25) is 0 Å². The zero-order chi connectivity index (χ0) is 21.8. The fourth-order valence-electron chi connectivity index (χ4n) is 4.24. The number of carbonyl (C=O) groups excluding carboxylic acids is 1. The standard InChI is InChI=1S/C27H29NO3/c1-4-19-12-14-22(15-13-19)28-26(29)17-21-16-24(30-5-2)25(31-6-3)18-23(21)27(28)20-10-8-7-9-11-20/h7-16,18,27H,4-6,17H2,1-3H3/t27-/m1/s1. The molecule has 0 aromatic heterocycles. The van der Waals surface area contributed by atoms with Gasteiger partial charge < -0.3 is 14.4 Å². The van der Waals surface area contributed by atoms with Crippen molar-refractivity contribution in [2.75, 3.05) is 18.1 Å². The smallest absolute Gasteiger partial charge is 0.232 e. The molecule has 0 unspecified atom stereocenters. The average molecular weight is 416 g/mol. The first-order valence-electron chi connectivity index (χ1n) is 11.0. The maximum absolute atomic E-state index is 13.4. The van der Waals surface area contributed by atoms with E-state index in [2.05, 4.69) is 49.4 Å². The molecule has 1 atom stereocenters. The lowest BCUT2D eigenvalue weighted by Crippen LogP contribution is -2.41. The highest BCUT2D eigenvalue weighted by atomic mass is 16.5. The first-order chi connectivity index (χ1) is 15.2. The van der Waals surface area contributed by atoms with Gasteiger partial charge in [0, 0.05) is 5.69 Å². The van der Waals surface area contributed by atoms with Gasteiger partial charge in [0.2, 0.25) is 5.91 Å². The Balaban J connectivity index is 1.89. The van der Waals surface area contributed by atoms with Crippen LogP contribution in [0.3, 0.4) is 0 Å². The number of nitrogens with zero attached hydrogens (tertiary/aromatic N) is 1. The molecule has 1 heterocycles. The Morgan fingerprint density at radius 3 is 2.13 bits per heavy atom. The molecule has 4 nitrogen and oxygen atoms in total. The Morgan fingerprint density at radius 1 is 0.871 bits per heavy atom. The first kappa shape index (κ1) is 21.0. The molecule has 1 aliphatic heterocycles. The summed E-state index contributed by atoms with van der Waals surface area (Å²) < 4.78 is 11.7. The molecule has 0 radical (unpaired) electrons. The van der Waals surface area contributed by atoms with Gasteiger partial charge in [-0.2, -0.15) is 0 Å². The van der Waals surface area contributed by atoms with Crippen LogP contribution >= 0.6 is 0 Å². The summed E-state index contributed by atoms with van der Waals surface area (Å²) in [6.45, 7) is 7.15. The molecular formula is C27H29NO3. The van der Waals surface area contributed by atoms with Gasteiger partial charge in [-0.1, -0.05) is 49.4 Å². The Bertz CT molecular complexity index is 1040. The van der Waals surface area contributed by atoms with Crippen molar-refractivity contribution >= 4 is 11.6 Å². The molecule has 0 N–H and O–H groups in total. The number of anilines is 1. The number of hydrogen-bond acceptors (Lipinski definition) is 3. The van der Waals surface area contributed by atoms with E-state index in [-0.39, 0.29) is 11.9 Å². The van der Waals surface area contributed by atoms with E-state index in [1.807, 2.05) is 43.0 Å². The van der Waals surface area contributed by atoms with E-state index in [9.17, 15) is 4.79 Å². The zero-order valence-corrected chi connectivity index (χ0v) is 18.4. The molecule has 160 valence electrons. The van der Waals surface area contributed by atoms with E-state index < -0.39 is 0 Å². The fourth-order valence-corrected chi connectivity index (χ4v) is 4.24. The van der Waals surface area contributed by atoms with Crippen LogP contribution in [0.4, 0.5) is 5.69 Å². The molecule has 0 saturated heterocycles. The lowest BCUT2D eigenvalue weighted by molar-refractivity contribution is -0.118. The van der Waals surface area contributed by atoms with Crippen molar-refractivity contribution in [3.63, 3.8) is 0 Å². The summed E-state index contributed by atoms with van der Waals surface area (Å²) in [7, 11) is 0. The van der Waals surface area contributed by atoms with Crippen LogP contribution in [0.1, 0.15) is 49.1 Å². The van der Waals surface area contributed by atoms with E-state index in [1.165, 1.54) is 5.56 Å². The van der Waals surface area contributed by atoms with Crippen molar-refractivity contribution in [1.29, 1.82) is 0 Å². The molecule has 4 heteroatoms. The summed E-state index contributed by atoms with van der Waals surface area (Å²) in [5.41, 5.74) is 5.31. The predicted molar refractivity (Wildman–Crippen MR) is 124 cm³/mol. The minimum atomic E-state index is -0.222. The van der Waals surface area contributed by atoms with Gasteiger partial charge in [0.05, 0.1) is 25.7 Å². The molecule has 0 aliphatic carbocycles. The summed E-state index contributed by atoms with van der Waals surface area (Å²) in [5, 5.41) is 0. The van der Waals surface area contributed by atoms with Gasteiger partial charge in [0.15, 0.2) is 11.5 Å². The lowest BCUT2D eigenvalue weighted by Gasteiger charge is -2.38. The maximum atomic E-state index is 13.4. The molecule has 31 heavy (non-hydrogen) atoms. The summed E-state index contributed by atoms with van der Waals surface area (Å²) in [6, 6.07) is 22.3. The molecule has 1 amide bonds. The Hall–Kier alpha value is -3.27. The minimum Gasteiger partial charge on any atom is -0.490 e. The number of amides is 1. The van der Waals surface area contributed by atoms with Crippen LogP contribution in [-0.2, 0) is 17.6 Å². The van der Waals surface area contributed by atoms with Crippen molar-refractivity contribution in [3.05, 3.63) is 89.0 Å². The third-order valence-corrected chi connectivity index (χ3v) is 5.71. The van der Waals surface area contributed by atoms with Gasteiger partial charge in [-0.25, -0.2) is 0 Å². The maximum Gasteiger partial charge on any atom is 0.232 e.